The smallest absolute Gasteiger partial charge is 0.258 e. The van der Waals surface area contributed by atoms with Gasteiger partial charge in [-0.05, 0) is 55.3 Å². The minimum atomic E-state index is 0.0643. The summed E-state index contributed by atoms with van der Waals surface area (Å²) in [7, 11) is 0. The Morgan fingerprint density at radius 2 is 1.88 bits per heavy atom. The van der Waals surface area contributed by atoms with Crippen LogP contribution in [0.1, 0.15) is 25.0 Å². The topological polar surface area (TPSA) is 60.2 Å². The Morgan fingerprint density at radius 1 is 1.08 bits per heavy atom. The van der Waals surface area contributed by atoms with Crippen molar-refractivity contribution >= 4 is 11.6 Å². The van der Waals surface area contributed by atoms with Crippen molar-refractivity contribution in [3.05, 3.63) is 52.5 Å². The van der Waals surface area contributed by atoms with Gasteiger partial charge in [0.1, 0.15) is 5.75 Å². The maximum absolute atomic E-state index is 6.29. The zero-order valence-corrected chi connectivity index (χ0v) is 14.8. The van der Waals surface area contributed by atoms with Gasteiger partial charge < -0.3 is 14.6 Å². The predicted octanol–water partition coefficient (Wildman–Crippen LogP) is 4.45. The zero-order valence-electron chi connectivity index (χ0n) is 14.0. The van der Waals surface area contributed by atoms with E-state index in [0.717, 1.165) is 24.2 Å². The first kappa shape index (κ1) is 16.1. The number of fused-ring (bicyclic) bond motifs is 1. The van der Waals surface area contributed by atoms with Gasteiger partial charge in [-0.3, -0.25) is 0 Å². The van der Waals surface area contributed by atoms with Crippen LogP contribution in [-0.2, 0) is 13.1 Å². The maximum Gasteiger partial charge on any atom is 0.258 e. The van der Waals surface area contributed by atoms with Crippen molar-refractivity contribution in [2.75, 3.05) is 0 Å². The molecule has 1 aromatic heterocycles. The Balaban J connectivity index is 1.62. The SMILES string of the molecule is CC(C)Oc1ccc(-c2noc(-c3ccc4c(c3)CNC4)n2)cc1Cl. The van der Waals surface area contributed by atoms with E-state index in [2.05, 4.69) is 27.6 Å². The molecule has 128 valence electrons. The summed E-state index contributed by atoms with van der Waals surface area (Å²) in [5.74, 6) is 1.66. The van der Waals surface area contributed by atoms with E-state index in [0.29, 0.717) is 22.5 Å². The molecule has 0 radical (unpaired) electrons. The standard InChI is InChI=1S/C19H18ClN3O2/c1-11(2)24-17-6-5-12(8-16(17)20)18-22-19(25-23-18)13-3-4-14-9-21-10-15(14)7-13/h3-8,11,21H,9-10H2,1-2H3. The Hall–Kier alpha value is -2.37. The van der Waals surface area contributed by atoms with Crippen molar-refractivity contribution < 1.29 is 9.26 Å². The van der Waals surface area contributed by atoms with E-state index in [-0.39, 0.29) is 6.10 Å². The van der Waals surface area contributed by atoms with Crippen LogP contribution < -0.4 is 10.1 Å². The van der Waals surface area contributed by atoms with Gasteiger partial charge >= 0.3 is 0 Å². The molecule has 0 aliphatic carbocycles. The number of hydrogen-bond donors (Lipinski definition) is 1. The van der Waals surface area contributed by atoms with Crippen molar-refractivity contribution in [2.45, 2.75) is 33.0 Å². The van der Waals surface area contributed by atoms with Crippen LogP contribution in [0.5, 0.6) is 5.75 Å². The van der Waals surface area contributed by atoms with Crippen LogP contribution >= 0.6 is 11.6 Å². The normalized spacial score (nSPS) is 13.3. The van der Waals surface area contributed by atoms with Gasteiger partial charge in [-0.25, -0.2) is 0 Å². The zero-order chi connectivity index (χ0) is 17.4. The Kier molecular flexibility index (Phi) is 4.19. The van der Waals surface area contributed by atoms with Gasteiger partial charge in [0, 0.05) is 24.2 Å². The van der Waals surface area contributed by atoms with Crippen LogP contribution in [-0.4, -0.2) is 16.2 Å². The molecule has 0 atom stereocenters. The quantitative estimate of drug-likeness (QED) is 0.749. The Labute approximate surface area is 151 Å². The molecule has 0 fully saturated rings. The molecule has 1 aliphatic heterocycles. The number of hydrogen-bond acceptors (Lipinski definition) is 5. The molecule has 0 saturated carbocycles. The van der Waals surface area contributed by atoms with Crippen molar-refractivity contribution in [3.63, 3.8) is 0 Å². The number of nitrogens with one attached hydrogen (secondary N) is 1. The fourth-order valence-electron chi connectivity index (χ4n) is 2.88. The van der Waals surface area contributed by atoms with Crippen LogP contribution in [0.15, 0.2) is 40.9 Å². The van der Waals surface area contributed by atoms with E-state index in [4.69, 9.17) is 20.9 Å². The molecule has 3 aromatic rings. The van der Waals surface area contributed by atoms with E-state index in [1.807, 2.05) is 32.0 Å². The van der Waals surface area contributed by atoms with E-state index < -0.39 is 0 Å². The summed E-state index contributed by atoms with van der Waals surface area (Å²) >= 11 is 6.29. The molecule has 25 heavy (non-hydrogen) atoms. The van der Waals surface area contributed by atoms with Crippen molar-refractivity contribution in [1.29, 1.82) is 0 Å². The minimum Gasteiger partial charge on any atom is -0.489 e. The average Bonchev–Trinajstić information content (AvgIpc) is 3.24. The number of halogens is 1. The first-order valence-electron chi connectivity index (χ1n) is 8.23. The highest BCUT2D eigenvalue weighted by Gasteiger charge is 2.16. The van der Waals surface area contributed by atoms with Crippen LogP contribution in [0.3, 0.4) is 0 Å². The molecule has 2 aromatic carbocycles. The molecular formula is C19H18ClN3O2. The lowest BCUT2D eigenvalue weighted by Crippen LogP contribution is -2.05. The number of nitrogens with zero attached hydrogens (tertiary/aromatic N) is 2. The number of aromatic nitrogens is 2. The van der Waals surface area contributed by atoms with Crippen LogP contribution in [0.4, 0.5) is 0 Å². The first-order valence-corrected chi connectivity index (χ1v) is 8.61. The lowest BCUT2D eigenvalue weighted by molar-refractivity contribution is 0.242. The van der Waals surface area contributed by atoms with Crippen molar-refractivity contribution in [3.8, 4) is 28.6 Å². The molecule has 5 nitrogen and oxygen atoms in total. The summed E-state index contributed by atoms with van der Waals surface area (Å²) in [5.41, 5.74) is 4.30. The molecule has 1 N–H and O–H groups in total. The average molecular weight is 356 g/mol. The van der Waals surface area contributed by atoms with Crippen LogP contribution in [0.25, 0.3) is 22.8 Å². The highest BCUT2D eigenvalue weighted by Crippen LogP contribution is 2.31. The van der Waals surface area contributed by atoms with E-state index in [1.165, 1.54) is 11.1 Å². The molecule has 0 saturated heterocycles. The Morgan fingerprint density at radius 3 is 2.68 bits per heavy atom. The maximum atomic E-state index is 6.29. The van der Waals surface area contributed by atoms with Crippen LogP contribution in [0, 0.1) is 0 Å². The molecule has 6 heteroatoms. The largest absolute Gasteiger partial charge is 0.489 e. The fourth-order valence-corrected chi connectivity index (χ4v) is 3.10. The third-order valence-corrected chi connectivity index (χ3v) is 4.36. The van der Waals surface area contributed by atoms with Crippen molar-refractivity contribution in [1.82, 2.24) is 15.5 Å². The minimum absolute atomic E-state index is 0.0643. The number of benzene rings is 2. The molecule has 4 rings (SSSR count). The second kappa shape index (κ2) is 6.50. The lowest BCUT2D eigenvalue weighted by Gasteiger charge is -2.11. The molecule has 0 unspecified atom stereocenters. The van der Waals surface area contributed by atoms with Gasteiger partial charge in [0.05, 0.1) is 11.1 Å². The summed E-state index contributed by atoms with van der Waals surface area (Å²) in [6.45, 7) is 5.70. The van der Waals surface area contributed by atoms with E-state index >= 15 is 0 Å². The van der Waals surface area contributed by atoms with Gasteiger partial charge in [0.2, 0.25) is 5.82 Å². The summed E-state index contributed by atoms with van der Waals surface area (Å²) in [5, 5.41) is 7.94. The summed E-state index contributed by atoms with van der Waals surface area (Å²) < 4.78 is 11.1. The number of rotatable bonds is 4. The molecule has 2 heterocycles. The second-order valence-corrected chi connectivity index (χ2v) is 6.73. The van der Waals surface area contributed by atoms with Gasteiger partial charge in [-0.15, -0.1) is 0 Å². The molecule has 0 spiro atoms. The highest BCUT2D eigenvalue weighted by molar-refractivity contribution is 6.32. The monoisotopic (exact) mass is 355 g/mol. The molecule has 0 amide bonds. The van der Waals surface area contributed by atoms with Gasteiger partial charge in [0.15, 0.2) is 0 Å². The molecule has 1 aliphatic rings. The fraction of sp³-hybridized carbons (Fsp3) is 0.263. The van der Waals surface area contributed by atoms with Gasteiger partial charge in [-0.1, -0.05) is 22.8 Å². The van der Waals surface area contributed by atoms with Gasteiger partial charge in [0.25, 0.3) is 5.89 Å². The predicted molar refractivity (Wildman–Crippen MR) is 96.5 cm³/mol. The van der Waals surface area contributed by atoms with Gasteiger partial charge in [-0.2, -0.15) is 4.98 Å². The third kappa shape index (κ3) is 3.25. The lowest BCUT2D eigenvalue weighted by atomic mass is 10.1. The number of ether oxygens (including phenoxy) is 1. The van der Waals surface area contributed by atoms with Crippen molar-refractivity contribution in [2.24, 2.45) is 0 Å². The molecule has 0 bridgehead atoms. The molecular weight excluding hydrogens is 338 g/mol. The van der Waals surface area contributed by atoms with E-state index in [1.54, 1.807) is 6.07 Å². The van der Waals surface area contributed by atoms with E-state index in [9.17, 15) is 0 Å². The highest BCUT2D eigenvalue weighted by atomic mass is 35.5. The summed E-state index contributed by atoms with van der Waals surface area (Å²) in [6, 6.07) is 11.7. The second-order valence-electron chi connectivity index (χ2n) is 6.32. The first-order chi connectivity index (χ1) is 12.1. The summed E-state index contributed by atoms with van der Waals surface area (Å²) in [4.78, 5) is 4.51. The van der Waals surface area contributed by atoms with Crippen LogP contribution in [0.2, 0.25) is 5.02 Å². The third-order valence-electron chi connectivity index (χ3n) is 4.06. The summed E-state index contributed by atoms with van der Waals surface area (Å²) in [6.07, 6.45) is 0.0643. The Bertz CT molecular complexity index is 921.